The van der Waals surface area contributed by atoms with Crippen LogP contribution in [0, 0.1) is 6.07 Å². The summed E-state index contributed by atoms with van der Waals surface area (Å²) in [6, 6.07) is 6.60. The Labute approximate surface area is 119 Å². The summed E-state index contributed by atoms with van der Waals surface area (Å²) in [6.07, 6.45) is -10.1. The second-order valence-electron chi connectivity index (χ2n) is 3.93. The van der Waals surface area contributed by atoms with Gasteiger partial charge in [0.1, 0.15) is 0 Å². The zero-order valence-corrected chi connectivity index (χ0v) is 10.7. The summed E-state index contributed by atoms with van der Waals surface area (Å²) < 4.78 is 75.6. The summed E-state index contributed by atoms with van der Waals surface area (Å²) in [5.41, 5.74) is 0.142. The lowest BCUT2D eigenvalue weighted by atomic mass is 10.2. The third kappa shape index (κ3) is 3.46. The van der Waals surface area contributed by atoms with E-state index in [0.717, 1.165) is 0 Å². The fraction of sp³-hybridized carbons (Fsp3) is 0.273. The monoisotopic (exact) mass is 328 g/mol. The van der Waals surface area contributed by atoms with Crippen molar-refractivity contribution in [2.45, 2.75) is 18.9 Å². The van der Waals surface area contributed by atoms with Gasteiger partial charge < -0.3 is 0 Å². The van der Waals surface area contributed by atoms with Gasteiger partial charge in [-0.05, 0) is 23.8 Å². The molecule has 1 aromatic carbocycles. The Morgan fingerprint density at radius 2 is 1.81 bits per heavy atom. The molecule has 1 aromatic heterocycles. The Morgan fingerprint density at radius 3 is 2.33 bits per heavy atom. The number of rotatable bonds is 2. The van der Waals surface area contributed by atoms with E-state index in [1.54, 1.807) is 0 Å². The fourth-order valence-electron chi connectivity index (χ4n) is 1.51. The first-order valence-electron chi connectivity index (χ1n) is 5.33. The molecule has 0 aliphatic heterocycles. The largest absolute Gasteiger partial charge is 0.453 e. The average Bonchev–Trinajstić information content (AvgIpc) is 2.75. The average molecular weight is 329 g/mol. The molecular formula is C11H5ClF6N3. The van der Waals surface area contributed by atoms with Gasteiger partial charge in [-0.1, -0.05) is 17.7 Å². The van der Waals surface area contributed by atoms with Crippen molar-refractivity contribution in [2.75, 3.05) is 0 Å². The van der Waals surface area contributed by atoms with Crippen molar-refractivity contribution in [3.05, 3.63) is 46.5 Å². The molecule has 0 aliphatic carbocycles. The van der Waals surface area contributed by atoms with Crippen molar-refractivity contribution < 1.29 is 26.3 Å². The molecule has 0 bridgehead atoms. The molecule has 21 heavy (non-hydrogen) atoms. The summed E-state index contributed by atoms with van der Waals surface area (Å²) in [6.45, 7) is -0.603. The van der Waals surface area contributed by atoms with Gasteiger partial charge in [-0.15, -0.1) is 5.10 Å². The van der Waals surface area contributed by atoms with Crippen LogP contribution < -0.4 is 0 Å². The predicted molar refractivity (Wildman–Crippen MR) is 59.4 cm³/mol. The van der Waals surface area contributed by atoms with Gasteiger partial charge >= 0.3 is 12.4 Å². The van der Waals surface area contributed by atoms with Crippen molar-refractivity contribution in [3.63, 3.8) is 0 Å². The molecule has 3 nitrogen and oxygen atoms in total. The van der Waals surface area contributed by atoms with Crippen LogP contribution >= 0.6 is 11.6 Å². The van der Waals surface area contributed by atoms with Gasteiger partial charge in [0.2, 0.25) is 5.82 Å². The van der Waals surface area contributed by atoms with E-state index in [-0.39, 0.29) is 15.3 Å². The minimum Gasteiger partial charge on any atom is -0.237 e. The zero-order valence-electron chi connectivity index (χ0n) is 9.93. The summed E-state index contributed by atoms with van der Waals surface area (Å²) in [4.78, 5) is 2.53. The molecule has 0 aliphatic rings. The third-order valence-electron chi connectivity index (χ3n) is 2.39. The highest BCUT2D eigenvalue weighted by Gasteiger charge is 2.44. The second-order valence-corrected chi connectivity index (χ2v) is 4.34. The van der Waals surface area contributed by atoms with Crippen molar-refractivity contribution in [2.24, 2.45) is 0 Å². The minimum atomic E-state index is -5.07. The number of aromatic nitrogens is 3. The van der Waals surface area contributed by atoms with Crippen molar-refractivity contribution in [3.8, 4) is 0 Å². The fourth-order valence-corrected chi connectivity index (χ4v) is 1.69. The highest BCUT2D eigenvalue weighted by Crippen LogP contribution is 2.33. The second kappa shape index (κ2) is 5.21. The van der Waals surface area contributed by atoms with E-state index < -0.39 is 30.5 Å². The van der Waals surface area contributed by atoms with Gasteiger partial charge in [-0.3, -0.25) is 0 Å². The Balaban J connectivity index is 2.47. The van der Waals surface area contributed by atoms with Crippen LogP contribution in [0.2, 0.25) is 5.02 Å². The maximum Gasteiger partial charge on any atom is 0.453 e. The smallest absolute Gasteiger partial charge is 0.237 e. The number of halogens is 7. The minimum absolute atomic E-state index is 0.0888. The molecule has 0 spiro atoms. The molecule has 0 saturated heterocycles. The molecule has 0 amide bonds. The predicted octanol–water partition coefficient (Wildman–Crippen LogP) is 3.82. The van der Waals surface area contributed by atoms with Crippen LogP contribution in [0.1, 0.15) is 17.2 Å². The van der Waals surface area contributed by atoms with E-state index in [0.29, 0.717) is 0 Å². The zero-order chi connectivity index (χ0) is 15.8. The van der Waals surface area contributed by atoms with Gasteiger partial charge in [0, 0.05) is 5.02 Å². The molecular weight excluding hydrogens is 324 g/mol. The molecule has 2 rings (SSSR count). The standard InChI is InChI=1S/C11H5ClF6N3/c12-7-4-2-1-3-6(7)5-21-9(11(16,17)18)19-8(20-21)10(13,14)15/h2-4H,5H2. The van der Waals surface area contributed by atoms with Crippen molar-refractivity contribution in [1.29, 1.82) is 0 Å². The van der Waals surface area contributed by atoms with E-state index in [1.165, 1.54) is 18.2 Å². The highest BCUT2D eigenvalue weighted by molar-refractivity contribution is 6.31. The number of hydrogen-bond donors (Lipinski definition) is 0. The normalized spacial score (nSPS) is 12.7. The van der Waals surface area contributed by atoms with Gasteiger partial charge in [0.15, 0.2) is 0 Å². The molecule has 0 N–H and O–H groups in total. The summed E-state index contributed by atoms with van der Waals surface area (Å²) in [5, 5.41) is 2.96. The molecule has 0 fully saturated rings. The van der Waals surface area contributed by atoms with Crippen LogP contribution in [-0.4, -0.2) is 14.8 Å². The first-order chi connectivity index (χ1) is 9.59. The van der Waals surface area contributed by atoms with Crippen LogP contribution in [0.3, 0.4) is 0 Å². The first-order valence-corrected chi connectivity index (χ1v) is 5.70. The summed E-state index contributed by atoms with van der Waals surface area (Å²) in [7, 11) is 0. The highest BCUT2D eigenvalue weighted by atomic mass is 35.5. The van der Waals surface area contributed by atoms with Gasteiger partial charge in [0.25, 0.3) is 5.82 Å². The van der Waals surface area contributed by atoms with E-state index in [4.69, 9.17) is 11.6 Å². The van der Waals surface area contributed by atoms with Crippen LogP contribution in [0.15, 0.2) is 18.2 Å². The van der Waals surface area contributed by atoms with E-state index in [2.05, 4.69) is 16.1 Å². The lowest BCUT2D eigenvalue weighted by Crippen LogP contribution is -2.16. The Bertz CT molecular complexity index is 646. The van der Waals surface area contributed by atoms with Gasteiger partial charge in [0.05, 0.1) is 6.54 Å². The SMILES string of the molecule is FC(F)(F)c1nc(C(F)(F)F)n(Cc2c[c]ccc2Cl)n1. The van der Waals surface area contributed by atoms with Crippen LogP contribution in [0.25, 0.3) is 0 Å². The van der Waals surface area contributed by atoms with Crippen LogP contribution in [0.5, 0.6) is 0 Å². The number of hydrogen-bond acceptors (Lipinski definition) is 2. The lowest BCUT2D eigenvalue weighted by molar-refractivity contribution is -0.150. The molecule has 10 heteroatoms. The van der Waals surface area contributed by atoms with E-state index in [1.807, 2.05) is 0 Å². The van der Waals surface area contributed by atoms with Crippen molar-refractivity contribution >= 4 is 11.6 Å². The molecule has 0 atom stereocenters. The quantitative estimate of drug-likeness (QED) is 0.785. The maximum atomic E-state index is 12.7. The first kappa shape index (κ1) is 15.6. The maximum absolute atomic E-state index is 12.7. The molecule has 2 aromatic rings. The Morgan fingerprint density at radius 1 is 1.14 bits per heavy atom. The van der Waals surface area contributed by atoms with E-state index in [9.17, 15) is 26.3 Å². The van der Waals surface area contributed by atoms with Gasteiger partial charge in [-0.25, -0.2) is 4.68 Å². The molecule has 1 radical (unpaired) electrons. The number of nitrogens with zero attached hydrogens (tertiary/aromatic N) is 3. The van der Waals surface area contributed by atoms with Crippen LogP contribution in [-0.2, 0) is 18.9 Å². The number of benzene rings is 1. The van der Waals surface area contributed by atoms with Gasteiger partial charge in [-0.2, -0.15) is 31.3 Å². The van der Waals surface area contributed by atoms with E-state index >= 15 is 0 Å². The summed E-state index contributed by atoms with van der Waals surface area (Å²) in [5.74, 6) is -3.60. The molecule has 0 unspecified atom stereocenters. The molecule has 0 saturated carbocycles. The third-order valence-corrected chi connectivity index (χ3v) is 2.76. The summed E-state index contributed by atoms with van der Waals surface area (Å²) >= 11 is 5.75. The molecule has 113 valence electrons. The van der Waals surface area contributed by atoms with Crippen LogP contribution in [0.4, 0.5) is 26.3 Å². The number of alkyl halides is 6. The Hall–Kier alpha value is -1.77. The lowest BCUT2D eigenvalue weighted by Gasteiger charge is -2.09. The Kier molecular flexibility index (Phi) is 3.87. The van der Waals surface area contributed by atoms with Crippen molar-refractivity contribution in [1.82, 2.24) is 14.8 Å². The molecule has 1 heterocycles. The topological polar surface area (TPSA) is 30.7 Å².